The summed E-state index contributed by atoms with van der Waals surface area (Å²) >= 11 is 0. The molecule has 0 amide bonds. The lowest BCUT2D eigenvalue weighted by Crippen LogP contribution is -1.87. The highest BCUT2D eigenvalue weighted by Crippen LogP contribution is 2.18. The van der Waals surface area contributed by atoms with Gasteiger partial charge in [-0.05, 0) is 48.4 Å². The van der Waals surface area contributed by atoms with Crippen LogP contribution in [0.4, 0.5) is 0 Å². The lowest BCUT2D eigenvalue weighted by Gasteiger charge is -2.04. The lowest BCUT2D eigenvalue weighted by atomic mass is 10.0. The predicted molar refractivity (Wildman–Crippen MR) is 113 cm³/mol. The highest BCUT2D eigenvalue weighted by atomic mass is 14.0. The maximum Gasteiger partial charge on any atom is -0.0181 e. The predicted octanol–water partition coefficient (Wildman–Crippen LogP) is 8.25. The Morgan fingerprint density at radius 3 is 2.04 bits per heavy atom. The fourth-order valence-electron chi connectivity index (χ4n) is 3.45. The first kappa shape index (κ1) is 19.8. The van der Waals surface area contributed by atoms with E-state index >= 15 is 0 Å². The normalized spacial score (nSPS) is 11.6. The van der Waals surface area contributed by atoms with E-state index in [4.69, 9.17) is 0 Å². The van der Waals surface area contributed by atoms with Crippen LogP contribution in [0.2, 0.25) is 0 Å². The quantitative estimate of drug-likeness (QED) is 0.255. The van der Waals surface area contributed by atoms with Crippen molar-refractivity contribution in [2.75, 3.05) is 0 Å². The van der Waals surface area contributed by atoms with Crippen LogP contribution in [-0.4, -0.2) is 0 Å². The van der Waals surface area contributed by atoms with Gasteiger partial charge in [0, 0.05) is 0 Å². The second-order valence-corrected chi connectivity index (χ2v) is 7.31. The Kier molecular flexibility index (Phi) is 10.1. The van der Waals surface area contributed by atoms with E-state index in [-0.39, 0.29) is 0 Å². The zero-order valence-electron chi connectivity index (χ0n) is 16.2. The molecule has 136 valence electrons. The van der Waals surface area contributed by atoms with E-state index in [0.717, 1.165) is 0 Å². The smallest absolute Gasteiger partial charge is 0.0181 e. The molecular weight excluding hydrogens is 300 g/mol. The Labute approximate surface area is 155 Å². The maximum atomic E-state index is 2.37. The molecule has 0 fully saturated rings. The van der Waals surface area contributed by atoms with Crippen molar-refractivity contribution < 1.29 is 0 Å². The SMILES string of the molecule is CCC/C=C/CCCCCCCCCCc1ccc2ccccc2c1. The van der Waals surface area contributed by atoms with E-state index in [9.17, 15) is 0 Å². The van der Waals surface area contributed by atoms with Gasteiger partial charge in [0.2, 0.25) is 0 Å². The Morgan fingerprint density at radius 2 is 1.28 bits per heavy atom. The van der Waals surface area contributed by atoms with Gasteiger partial charge in [-0.25, -0.2) is 0 Å². The van der Waals surface area contributed by atoms with Crippen LogP contribution in [-0.2, 0) is 6.42 Å². The number of hydrogen-bond acceptors (Lipinski definition) is 0. The molecule has 2 rings (SSSR count). The summed E-state index contributed by atoms with van der Waals surface area (Å²) in [5.74, 6) is 0. The van der Waals surface area contributed by atoms with E-state index in [1.165, 1.54) is 93.4 Å². The monoisotopic (exact) mass is 336 g/mol. The first-order valence-corrected chi connectivity index (χ1v) is 10.5. The summed E-state index contributed by atoms with van der Waals surface area (Å²) in [5, 5.41) is 2.73. The number of rotatable bonds is 13. The first-order valence-electron chi connectivity index (χ1n) is 10.5. The molecule has 0 heterocycles. The van der Waals surface area contributed by atoms with Crippen molar-refractivity contribution in [2.45, 2.75) is 84.0 Å². The maximum absolute atomic E-state index is 2.37. The summed E-state index contributed by atoms with van der Waals surface area (Å²) in [7, 11) is 0. The molecule has 0 unspecified atom stereocenters. The van der Waals surface area contributed by atoms with E-state index in [1.54, 1.807) is 0 Å². The molecule has 0 bridgehead atoms. The summed E-state index contributed by atoms with van der Waals surface area (Å²) in [6, 6.07) is 15.6. The molecule has 0 aromatic heterocycles. The van der Waals surface area contributed by atoms with Crippen LogP contribution in [0.3, 0.4) is 0 Å². The third-order valence-corrected chi connectivity index (χ3v) is 5.02. The number of benzene rings is 2. The standard InChI is InChI=1S/C25H36/c1-2-3-4-5-6-7-8-9-10-11-12-13-14-17-23-20-21-24-18-15-16-19-25(24)22-23/h4-5,15-16,18-22H,2-3,6-14,17H2,1H3/b5-4+. The molecule has 25 heavy (non-hydrogen) atoms. The molecule has 0 saturated carbocycles. The van der Waals surface area contributed by atoms with Crippen LogP contribution in [0.25, 0.3) is 10.8 Å². The summed E-state index contributed by atoms with van der Waals surface area (Å²) < 4.78 is 0. The van der Waals surface area contributed by atoms with Crippen molar-refractivity contribution in [2.24, 2.45) is 0 Å². The van der Waals surface area contributed by atoms with E-state index in [0.29, 0.717) is 0 Å². The molecule has 0 aliphatic heterocycles. The Bertz CT molecular complexity index is 608. The van der Waals surface area contributed by atoms with Gasteiger partial charge in [0.15, 0.2) is 0 Å². The molecule has 0 atom stereocenters. The van der Waals surface area contributed by atoms with Gasteiger partial charge in [0.05, 0.1) is 0 Å². The molecule has 0 aliphatic rings. The minimum atomic E-state index is 1.23. The van der Waals surface area contributed by atoms with E-state index in [1.807, 2.05) is 0 Å². The van der Waals surface area contributed by atoms with Gasteiger partial charge >= 0.3 is 0 Å². The lowest BCUT2D eigenvalue weighted by molar-refractivity contribution is 0.569. The summed E-state index contributed by atoms with van der Waals surface area (Å²) in [4.78, 5) is 0. The van der Waals surface area contributed by atoms with Gasteiger partial charge in [-0.2, -0.15) is 0 Å². The molecule has 2 aromatic rings. The first-order chi connectivity index (χ1) is 12.4. The molecule has 0 N–H and O–H groups in total. The van der Waals surface area contributed by atoms with Gasteiger partial charge in [-0.3, -0.25) is 0 Å². The molecule has 0 radical (unpaired) electrons. The zero-order valence-corrected chi connectivity index (χ0v) is 16.2. The molecule has 0 nitrogen and oxygen atoms in total. The highest BCUT2D eigenvalue weighted by molar-refractivity contribution is 5.82. The number of aryl methyl sites for hydroxylation is 1. The second-order valence-electron chi connectivity index (χ2n) is 7.31. The number of allylic oxidation sites excluding steroid dienone is 2. The molecule has 0 spiro atoms. The minimum absolute atomic E-state index is 1.23. The highest BCUT2D eigenvalue weighted by Gasteiger charge is 1.97. The van der Waals surface area contributed by atoms with Crippen LogP contribution in [0.1, 0.15) is 83.1 Å². The molecule has 0 saturated heterocycles. The van der Waals surface area contributed by atoms with Crippen molar-refractivity contribution in [1.82, 2.24) is 0 Å². The molecule has 2 aromatic carbocycles. The van der Waals surface area contributed by atoms with Crippen molar-refractivity contribution >= 4 is 10.8 Å². The Balaban J connectivity index is 1.45. The van der Waals surface area contributed by atoms with Crippen molar-refractivity contribution in [3.05, 3.63) is 60.2 Å². The van der Waals surface area contributed by atoms with Gasteiger partial charge in [-0.1, -0.05) is 106 Å². The summed E-state index contributed by atoms with van der Waals surface area (Å²) in [6.45, 7) is 2.24. The number of hydrogen-bond donors (Lipinski definition) is 0. The fourth-order valence-corrected chi connectivity index (χ4v) is 3.45. The second kappa shape index (κ2) is 12.8. The number of unbranched alkanes of at least 4 members (excludes halogenated alkanes) is 9. The van der Waals surface area contributed by atoms with E-state index < -0.39 is 0 Å². The summed E-state index contributed by atoms with van der Waals surface area (Å²) in [6.07, 6.45) is 20.9. The zero-order chi connectivity index (χ0) is 17.6. The molecule has 0 aliphatic carbocycles. The average Bonchev–Trinajstić information content (AvgIpc) is 2.65. The van der Waals surface area contributed by atoms with E-state index in [2.05, 4.69) is 61.5 Å². The average molecular weight is 337 g/mol. The third-order valence-electron chi connectivity index (χ3n) is 5.02. The van der Waals surface area contributed by atoms with Gasteiger partial charge in [0.1, 0.15) is 0 Å². The third kappa shape index (κ3) is 8.38. The topological polar surface area (TPSA) is 0 Å². The van der Waals surface area contributed by atoms with Crippen molar-refractivity contribution in [3.63, 3.8) is 0 Å². The number of fused-ring (bicyclic) bond motifs is 1. The minimum Gasteiger partial charge on any atom is -0.0885 e. The molecule has 0 heteroatoms. The van der Waals surface area contributed by atoms with Gasteiger partial charge in [0.25, 0.3) is 0 Å². The van der Waals surface area contributed by atoms with Crippen LogP contribution in [0.15, 0.2) is 54.6 Å². The van der Waals surface area contributed by atoms with Gasteiger partial charge in [-0.15, -0.1) is 0 Å². The largest absolute Gasteiger partial charge is 0.0885 e. The van der Waals surface area contributed by atoms with Crippen molar-refractivity contribution in [1.29, 1.82) is 0 Å². The molecular formula is C25H36. The Morgan fingerprint density at radius 1 is 0.640 bits per heavy atom. The van der Waals surface area contributed by atoms with Crippen LogP contribution in [0, 0.1) is 0 Å². The van der Waals surface area contributed by atoms with Gasteiger partial charge < -0.3 is 0 Å². The van der Waals surface area contributed by atoms with Crippen LogP contribution in [0.5, 0.6) is 0 Å². The fraction of sp³-hybridized carbons (Fsp3) is 0.520. The van der Waals surface area contributed by atoms with Crippen molar-refractivity contribution in [3.8, 4) is 0 Å². The Hall–Kier alpha value is -1.56. The summed E-state index contributed by atoms with van der Waals surface area (Å²) in [5.41, 5.74) is 1.50. The van der Waals surface area contributed by atoms with Crippen LogP contribution >= 0.6 is 0 Å². The van der Waals surface area contributed by atoms with Crippen LogP contribution < -0.4 is 0 Å².